The molecular formula is C10H9NO5. The van der Waals surface area contributed by atoms with Crippen LogP contribution in [0.15, 0.2) is 22.6 Å². The minimum Gasteiger partial charge on any atom is -0.497 e. The van der Waals surface area contributed by atoms with Crippen LogP contribution in [-0.2, 0) is 4.79 Å². The lowest BCUT2D eigenvalue weighted by Gasteiger charge is -1.96. The molecule has 84 valence electrons. The lowest BCUT2D eigenvalue weighted by Crippen LogP contribution is -2.10. The highest BCUT2D eigenvalue weighted by atomic mass is 16.5. The first kappa shape index (κ1) is 10.4. The van der Waals surface area contributed by atoms with Crippen molar-refractivity contribution in [1.82, 2.24) is 4.98 Å². The summed E-state index contributed by atoms with van der Waals surface area (Å²) in [5.74, 6) is -1.06. The van der Waals surface area contributed by atoms with E-state index in [2.05, 4.69) is 4.98 Å². The summed E-state index contributed by atoms with van der Waals surface area (Å²) in [6.45, 7) is 0. The van der Waals surface area contributed by atoms with Crippen LogP contribution in [0.4, 0.5) is 0 Å². The Labute approximate surface area is 90.1 Å². The van der Waals surface area contributed by atoms with Gasteiger partial charge < -0.3 is 19.4 Å². The van der Waals surface area contributed by atoms with Crippen LogP contribution < -0.4 is 4.74 Å². The quantitative estimate of drug-likeness (QED) is 0.804. The van der Waals surface area contributed by atoms with Crippen LogP contribution >= 0.6 is 0 Å². The van der Waals surface area contributed by atoms with Crippen molar-refractivity contribution in [2.45, 2.75) is 6.10 Å². The van der Waals surface area contributed by atoms with E-state index in [4.69, 9.17) is 14.3 Å². The van der Waals surface area contributed by atoms with Gasteiger partial charge in [0.2, 0.25) is 12.0 Å². The molecule has 0 amide bonds. The number of aromatic nitrogens is 1. The van der Waals surface area contributed by atoms with Crippen LogP contribution in [0.2, 0.25) is 0 Å². The summed E-state index contributed by atoms with van der Waals surface area (Å²) >= 11 is 0. The molecule has 0 aliphatic rings. The molecule has 1 unspecified atom stereocenters. The standard InChI is InChI=1S/C10H9NO5/c1-15-5-2-3-7-6(4-5)11-9(16-7)8(12)10(13)14/h2-4,8,12H,1H3,(H,13,14). The number of carboxylic acids is 1. The van der Waals surface area contributed by atoms with Crippen molar-refractivity contribution in [3.05, 3.63) is 24.1 Å². The Hall–Kier alpha value is -2.08. The van der Waals surface area contributed by atoms with Crippen LogP contribution in [0, 0.1) is 0 Å². The Morgan fingerprint density at radius 2 is 2.31 bits per heavy atom. The van der Waals surface area contributed by atoms with Crippen LogP contribution in [0.5, 0.6) is 5.75 Å². The Morgan fingerprint density at radius 1 is 1.56 bits per heavy atom. The van der Waals surface area contributed by atoms with Gasteiger partial charge in [0.25, 0.3) is 0 Å². The second-order valence-electron chi connectivity index (χ2n) is 3.13. The molecular weight excluding hydrogens is 214 g/mol. The normalized spacial score (nSPS) is 12.6. The maximum atomic E-state index is 10.5. The van der Waals surface area contributed by atoms with Crippen molar-refractivity contribution in [2.75, 3.05) is 7.11 Å². The molecule has 0 bridgehead atoms. The molecule has 0 aliphatic carbocycles. The molecule has 0 aliphatic heterocycles. The summed E-state index contributed by atoms with van der Waals surface area (Å²) < 4.78 is 10.1. The van der Waals surface area contributed by atoms with Crippen LogP contribution in [0.1, 0.15) is 12.0 Å². The number of rotatable bonds is 3. The third-order valence-electron chi connectivity index (χ3n) is 2.08. The van der Waals surface area contributed by atoms with Crippen molar-refractivity contribution in [2.24, 2.45) is 0 Å². The van der Waals surface area contributed by atoms with Crippen LogP contribution in [0.25, 0.3) is 11.1 Å². The third-order valence-corrected chi connectivity index (χ3v) is 2.08. The monoisotopic (exact) mass is 223 g/mol. The number of aliphatic carboxylic acids is 1. The van der Waals surface area contributed by atoms with Gasteiger partial charge in [0, 0.05) is 6.07 Å². The van der Waals surface area contributed by atoms with Crippen LogP contribution in [0.3, 0.4) is 0 Å². The molecule has 16 heavy (non-hydrogen) atoms. The zero-order valence-electron chi connectivity index (χ0n) is 8.38. The Bertz CT molecular complexity index is 533. The van der Waals surface area contributed by atoms with Crippen molar-refractivity contribution in [3.63, 3.8) is 0 Å². The molecule has 1 aromatic carbocycles. The highest BCUT2D eigenvalue weighted by Crippen LogP contribution is 2.24. The van der Waals surface area contributed by atoms with Gasteiger partial charge >= 0.3 is 5.97 Å². The summed E-state index contributed by atoms with van der Waals surface area (Å²) in [4.78, 5) is 14.4. The fraction of sp³-hybridized carbons (Fsp3) is 0.200. The lowest BCUT2D eigenvalue weighted by molar-refractivity contribution is -0.148. The predicted octanol–water partition coefficient (Wildman–Crippen LogP) is 0.954. The van der Waals surface area contributed by atoms with E-state index in [0.717, 1.165) is 0 Å². The SMILES string of the molecule is COc1ccc2oc(C(O)C(=O)O)nc2c1. The lowest BCUT2D eigenvalue weighted by atomic mass is 10.3. The van der Waals surface area contributed by atoms with Gasteiger partial charge in [-0.25, -0.2) is 9.78 Å². The Balaban J connectivity index is 2.47. The topological polar surface area (TPSA) is 92.8 Å². The maximum Gasteiger partial charge on any atom is 0.342 e. The molecule has 0 fully saturated rings. The van der Waals surface area contributed by atoms with Gasteiger partial charge in [0.15, 0.2) is 5.58 Å². The number of carboxylic acid groups (broad SMARTS) is 1. The van der Waals surface area contributed by atoms with E-state index < -0.39 is 12.1 Å². The number of hydrogen-bond donors (Lipinski definition) is 2. The summed E-state index contributed by atoms with van der Waals surface area (Å²) in [7, 11) is 1.51. The first-order valence-corrected chi connectivity index (χ1v) is 4.47. The number of benzene rings is 1. The number of nitrogens with zero attached hydrogens (tertiary/aromatic N) is 1. The number of fused-ring (bicyclic) bond motifs is 1. The molecule has 1 aromatic heterocycles. The molecule has 0 radical (unpaired) electrons. The molecule has 2 N–H and O–H groups in total. The van der Waals surface area contributed by atoms with Crippen molar-refractivity contribution in [1.29, 1.82) is 0 Å². The number of methoxy groups -OCH3 is 1. The summed E-state index contributed by atoms with van der Waals surface area (Å²) in [6.07, 6.45) is -1.75. The fourth-order valence-corrected chi connectivity index (χ4v) is 1.27. The Kier molecular flexibility index (Phi) is 2.49. The summed E-state index contributed by atoms with van der Waals surface area (Å²) in [5, 5.41) is 17.8. The first-order valence-electron chi connectivity index (χ1n) is 4.47. The molecule has 0 saturated carbocycles. The largest absolute Gasteiger partial charge is 0.497 e. The van der Waals surface area contributed by atoms with Crippen molar-refractivity contribution in [3.8, 4) is 5.75 Å². The van der Waals surface area contributed by atoms with Gasteiger partial charge in [0.1, 0.15) is 11.3 Å². The third kappa shape index (κ3) is 1.70. The molecule has 1 atom stereocenters. The average Bonchev–Trinajstić information content (AvgIpc) is 2.69. The van der Waals surface area contributed by atoms with E-state index in [1.807, 2.05) is 0 Å². The van der Waals surface area contributed by atoms with Gasteiger partial charge in [-0.1, -0.05) is 0 Å². The highest BCUT2D eigenvalue weighted by molar-refractivity contribution is 5.77. The van der Waals surface area contributed by atoms with Crippen molar-refractivity contribution < 1.29 is 24.2 Å². The zero-order chi connectivity index (χ0) is 11.7. The Morgan fingerprint density at radius 3 is 2.94 bits per heavy atom. The molecule has 1 heterocycles. The van der Waals surface area contributed by atoms with Gasteiger partial charge in [-0.15, -0.1) is 0 Å². The van der Waals surface area contributed by atoms with Gasteiger partial charge in [-0.2, -0.15) is 0 Å². The molecule has 2 rings (SSSR count). The molecule has 6 heteroatoms. The minimum absolute atomic E-state index is 0.240. The molecule has 6 nitrogen and oxygen atoms in total. The summed E-state index contributed by atoms with van der Waals surface area (Å²) in [6, 6.07) is 4.85. The second kappa shape index (κ2) is 3.82. The molecule has 0 saturated heterocycles. The first-order chi connectivity index (χ1) is 7.61. The number of carbonyl (C=O) groups is 1. The van der Waals surface area contributed by atoms with E-state index in [1.165, 1.54) is 7.11 Å². The van der Waals surface area contributed by atoms with E-state index in [9.17, 15) is 9.90 Å². The number of ether oxygens (including phenoxy) is 1. The molecule has 2 aromatic rings. The predicted molar refractivity (Wildman–Crippen MR) is 53.2 cm³/mol. The van der Waals surface area contributed by atoms with E-state index >= 15 is 0 Å². The van der Waals surface area contributed by atoms with Crippen LogP contribution in [-0.4, -0.2) is 28.3 Å². The number of aliphatic hydroxyl groups excluding tert-OH is 1. The van der Waals surface area contributed by atoms with E-state index in [-0.39, 0.29) is 5.89 Å². The van der Waals surface area contributed by atoms with Gasteiger partial charge in [-0.05, 0) is 12.1 Å². The number of aliphatic hydroxyl groups is 1. The van der Waals surface area contributed by atoms with E-state index in [1.54, 1.807) is 18.2 Å². The van der Waals surface area contributed by atoms with Gasteiger partial charge in [-0.3, -0.25) is 0 Å². The number of hydrogen-bond acceptors (Lipinski definition) is 5. The fourth-order valence-electron chi connectivity index (χ4n) is 1.27. The van der Waals surface area contributed by atoms with E-state index in [0.29, 0.717) is 16.8 Å². The minimum atomic E-state index is -1.75. The molecule has 0 spiro atoms. The zero-order valence-corrected chi connectivity index (χ0v) is 8.38. The highest BCUT2D eigenvalue weighted by Gasteiger charge is 2.22. The van der Waals surface area contributed by atoms with Gasteiger partial charge in [0.05, 0.1) is 7.11 Å². The smallest absolute Gasteiger partial charge is 0.342 e. The average molecular weight is 223 g/mol. The van der Waals surface area contributed by atoms with Crippen molar-refractivity contribution >= 4 is 17.1 Å². The second-order valence-corrected chi connectivity index (χ2v) is 3.13. The summed E-state index contributed by atoms with van der Waals surface area (Å²) in [5.41, 5.74) is 0.839. The maximum absolute atomic E-state index is 10.5. The number of oxazole rings is 1.